The number of pyridine rings is 1. The third kappa shape index (κ3) is 5.42. The summed E-state index contributed by atoms with van der Waals surface area (Å²) in [5.41, 5.74) is 3.32. The van der Waals surface area contributed by atoms with E-state index in [1.165, 1.54) is 6.33 Å². The first-order chi connectivity index (χ1) is 17.1. The van der Waals surface area contributed by atoms with Crippen molar-refractivity contribution in [2.45, 2.75) is 12.5 Å². The van der Waals surface area contributed by atoms with Gasteiger partial charge in [0.2, 0.25) is 5.88 Å². The summed E-state index contributed by atoms with van der Waals surface area (Å²) in [5, 5.41) is 13.7. The largest absolute Gasteiger partial charge is 0.480 e. The molecule has 2 aromatic heterocycles. The molecule has 7 heteroatoms. The number of carbonyl (C=O) groups is 1. The SMILES string of the molecule is O=C(O)C(Cc1ccccc1)Nc1cc(-c2ccc(Oc3ccc4ccccc4n3)cc2)ncn1. The van der Waals surface area contributed by atoms with Crippen LogP contribution in [0.5, 0.6) is 11.6 Å². The lowest BCUT2D eigenvalue weighted by molar-refractivity contribution is -0.137. The van der Waals surface area contributed by atoms with Gasteiger partial charge in [-0.25, -0.2) is 19.7 Å². The molecule has 0 radical (unpaired) electrons. The Morgan fingerprint density at radius 2 is 1.66 bits per heavy atom. The predicted octanol–water partition coefficient (Wildman–Crippen LogP) is 5.59. The first-order valence-corrected chi connectivity index (χ1v) is 11.1. The summed E-state index contributed by atoms with van der Waals surface area (Å²) in [6.45, 7) is 0. The molecular weight excluding hydrogens is 440 g/mol. The third-order valence-corrected chi connectivity index (χ3v) is 5.52. The van der Waals surface area contributed by atoms with Crippen LogP contribution in [0.3, 0.4) is 0 Å². The van der Waals surface area contributed by atoms with E-state index >= 15 is 0 Å². The number of carboxylic acids is 1. The number of aromatic nitrogens is 3. The van der Waals surface area contributed by atoms with Gasteiger partial charge in [-0.3, -0.25) is 0 Å². The molecule has 1 unspecified atom stereocenters. The molecule has 0 bridgehead atoms. The van der Waals surface area contributed by atoms with E-state index in [9.17, 15) is 9.90 Å². The summed E-state index contributed by atoms with van der Waals surface area (Å²) < 4.78 is 5.92. The average Bonchev–Trinajstić information content (AvgIpc) is 2.89. The van der Waals surface area contributed by atoms with E-state index in [4.69, 9.17) is 4.74 Å². The van der Waals surface area contributed by atoms with Crippen molar-refractivity contribution in [3.63, 3.8) is 0 Å². The Labute approximate surface area is 202 Å². The summed E-state index contributed by atoms with van der Waals surface area (Å²) in [6, 6.07) is 29.6. The fourth-order valence-corrected chi connectivity index (χ4v) is 3.74. The summed E-state index contributed by atoms with van der Waals surface area (Å²) in [5.74, 6) is 0.665. The standard InChI is InChI=1S/C28H22N4O3/c33-28(34)25(16-19-6-2-1-3-7-19)31-26-17-24(29-18-30-26)21-10-13-22(14-11-21)35-27-15-12-20-8-4-5-9-23(20)32-27/h1-15,17-18,25H,16H2,(H,33,34)(H,29,30,31). The van der Waals surface area contributed by atoms with Crippen LogP contribution in [0.4, 0.5) is 5.82 Å². The van der Waals surface area contributed by atoms with Gasteiger partial charge in [0.25, 0.3) is 0 Å². The highest BCUT2D eigenvalue weighted by atomic mass is 16.5. The van der Waals surface area contributed by atoms with Crippen LogP contribution < -0.4 is 10.1 Å². The van der Waals surface area contributed by atoms with E-state index in [-0.39, 0.29) is 0 Å². The lowest BCUT2D eigenvalue weighted by Crippen LogP contribution is -2.31. The lowest BCUT2D eigenvalue weighted by atomic mass is 10.1. The monoisotopic (exact) mass is 462 g/mol. The molecule has 0 amide bonds. The van der Waals surface area contributed by atoms with E-state index in [0.29, 0.717) is 29.6 Å². The van der Waals surface area contributed by atoms with Crippen molar-refractivity contribution >= 4 is 22.7 Å². The zero-order chi connectivity index (χ0) is 24.0. The van der Waals surface area contributed by atoms with Gasteiger partial charge in [0.15, 0.2) is 0 Å². The number of ether oxygens (including phenoxy) is 1. The minimum Gasteiger partial charge on any atom is -0.480 e. The number of hydrogen-bond acceptors (Lipinski definition) is 6. The van der Waals surface area contributed by atoms with Crippen LogP contribution >= 0.6 is 0 Å². The number of nitrogens with one attached hydrogen (secondary N) is 1. The maximum Gasteiger partial charge on any atom is 0.326 e. The average molecular weight is 463 g/mol. The number of nitrogens with zero attached hydrogens (tertiary/aromatic N) is 3. The van der Waals surface area contributed by atoms with Crippen LogP contribution in [0.2, 0.25) is 0 Å². The van der Waals surface area contributed by atoms with Crippen molar-refractivity contribution < 1.29 is 14.6 Å². The van der Waals surface area contributed by atoms with Crippen molar-refractivity contribution in [3.8, 4) is 22.9 Å². The Morgan fingerprint density at radius 1 is 0.886 bits per heavy atom. The van der Waals surface area contributed by atoms with Crippen molar-refractivity contribution in [1.29, 1.82) is 0 Å². The minimum atomic E-state index is -0.946. The second-order valence-electron chi connectivity index (χ2n) is 7.98. The summed E-state index contributed by atoms with van der Waals surface area (Å²) in [6.07, 6.45) is 1.76. The molecule has 0 saturated heterocycles. The van der Waals surface area contributed by atoms with Crippen molar-refractivity contribution in [2.24, 2.45) is 0 Å². The Bertz CT molecular complexity index is 1460. The number of anilines is 1. The number of fused-ring (bicyclic) bond motifs is 1. The summed E-state index contributed by atoms with van der Waals surface area (Å²) >= 11 is 0. The van der Waals surface area contributed by atoms with Crippen LogP contribution in [0, 0.1) is 0 Å². The van der Waals surface area contributed by atoms with E-state index in [1.807, 2.05) is 91.0 Å². The molecule has 2 heterocycles. The molecule has 1 atom stereocenters. The highest BCUT2D eigenvalue weighted by Crippen LogP contribution is 2.26. The molecule has 0 aliphatic carbocycles. The molecule has 35 heavy (non-hydrogen) atoms. The smallest absolute Gasteiger partial charge is 0.326 e. The van der Waals surface area contributed by atoms with Crippen molar-refractivity contribution in [2.75, 3.05) is 5.32 Å². The van der Waals surface area contributed by atoms with Crippen LogP contribution in [0.15, 0.2) is 103 Å². The quantitative estimate of drug-likeness (QED) is 0.310. The number of hydrogen-bond donors (Lipinski definition) is 2. The molecule has 0 saturated carbocycles. The Kier molecular flexibility index (Phi) is 6.30. The van der Waals surface area contributed by atoms with Gasteiger partial charge in [-0.15, -0.1) is 0 Å². The topological polar surface area (TPSA) is 97.2 Å². The number of aliphatic carboxylic acids is 1. The molecule has 0 aliphatic rings. The number of carboxylic acid groups (broad SMARTS) is 1. The van der Waals surface area contributed by atoms with Crippen molar-refractivity contribution in [1.82, 2.24) is 15.0 Å². The van der Waals surface area contributed by atoms with Gasteiger partial charge < -0.3 is 15.2 Å². The van der Waals surface area contributed by atoms with E-state index in [0.717, 1.165) is 22.0 Å². The second kappa shape index (κ2) is 10.0. The highest BCUT2D eigenvalue weighted by molar-refractivity contribution is 5.79. The molecule has 0 spiro atoms. The van der Waals surface area contributed by atoms with Crippen LogP contribution in [-0.2, 0) is 11.2 Å². The minimum absolute atomic E-state index is 0.338. The third-order valence-electron chi connectivity index (χ3n) is 5.52. The van der Waals surface area contributed by atoms with E-state index in [2.05, 4.69) is 20.3 Å². The lowest BCUT2D eigenvalue weighted by Gasteiger charge is -2.15. The molecule has 5 aromatic rings. The summed E-state index contributed by atoms with van der Waals surface area (Å²) in [7, 11) is 0. The van der Waals surface area contributed by atoms with Gasteiger partial charge in [-0.2, -0.15) is 0 Å². The maximum absolute atomic E-state index is 11.8. The number of rotatable bonds is 8. The zero-order valence-corrected chi connectivity index (χ0v) is 18.7. The molecule has 0 aliphatic heterocycles. The molecule has 0 fully saturated rings. The van der Waals surface area contributed by atoms with Gasteiger partial charge in [0, 0.05) is 29.5 Å². The van der Waals surface area contributed by atoms with Crippen molar-refractivity contribution in [3.05, 3.63) is 109 Å². The first-order valence-electron chi connectivity index (χ1n) is 11.1. The Balaban J connectivity index is 1.29. The highest BCUT2D eigenvalue weighted by Gasteiger charge is 2.18. The molecule has 3 aromatic carbocycles. The van der Waals surface area contributed by atoms with Crippen LogP contribution in [0.25, 0.3) is 22.2 Å². The van der Waals surface area contributed by atoms with Gasteiger partial charge in [-0.05, 0) is 42.0 Å². The van der Waals surface area contributed by atoms with Gasteiger partial charge >= 0.3 is 5.97 Å². The fraction of sp³-hybridized carbons (Fsp3) is 0.0714. The van der Waals surface area contributed by atoms with Gasteiger partial charge in [-0.1, -0.05) is 48.5 Å². The number of para-hydroxylation sites is 1. The predicted molar refractivity (Wildman–Crippen MR) is 134 cm³/mol. The van der Waals surface area contributed by atoms with E-state index in [1.54, 1.807) is 6.07 Å². The Morgan fingerprint density at radius 3 is 2.46 bits per heavy atom. The first kappa shape index (κ1) is 22.0. The number of benzene rings is 3. The molecule has 7 nitrogen and oxygen atoms in total. The van der Waals surface area contributed by atoms with Crippen LogP contribution in [-0.4, -0.2) is 32.1 Å². The molecule has 172 valence electrons. The Hall–Kier alpha value is -4.78. The second-order valence-corrected chi connectivity index (χ2v) is 7.98. The molecular formula is C28H22N4O3. The molecule has 2 N–H and O–H groups in total. The maximum atomic E-state index is 11.8. The van der Waals surface area contributed by atoms with Crippen LogP contribution in [0.1, 0.15) is 5.56 Å². The van der Waals surface area contributed by atoms with Gasteiger partial charge in [0.1, 0.15) is 23.9 Å². The summed E-state index contributed by atoms with van der Waals surface area (Å²) in [4.78, 5) is 24.9. The zero-order valence-electron chi connectivity index (χ0n) is 18.7. The van der Waals surface area contributed by atoms with E-state index < -0.39 is 12.0 Å². The fourth-order valence-electron chi connectivity index (χ4n) is 3.74. The molecule has 5 rings (SSSR count). The normalized spacial score (nSPS) is 11.7. The van der Waals surface area contributed by atoms with Gasteiger partial charge in [0.05, 0.1) is 11.2 Å².